The number of aliphatic carboxylic acids is 1. The molecule has 8 nitrogen and oxygen atoms in total. The summed E-state index contributed by atoms with van der Waals surface area (Å²) in [5, 5.41) is 15.9. The predicted octanol–water partition coefficient (Wildman–Crippen LogP) is 3.95. The number of nitrogens with one attached hydrogen (secondary N) is 1. The summed E-state index contributed by atoms with van der Waals surface area (Å²) in [6.07, 6.45) is 2.12. The zero-order valence-electron chi connectivity index (χ0n) is 17.5. The van der Waals surface area contributed by atoms with E-state index in [1.54, 1.807) is 0 Å². The van der Waals surface area contributed by atoms with Gasteiger partial charge in [0.2, 0.25) is 5.82 Å². The van der Waals surface area contributed by atoms with Crippen molar-refractivity contribution in [3.8, 4) is 28.6 Å². The Kier molecular flexibility index (Phi) is 8.61. The monoisotopic (exact) mass is 459 g/mol. The molecule has 0 atom stereocenters. The van der Waals surface area contributed by atoms with E-state index in [0.717, 1.165) is 48.5 Å². The van der Waals surface area contributed by atoms with Gasteiger partial charge in [0, 0.05) is 37.1 Å². The van der Waals surface area contributed by atoms with Gasteiger partial charge in [0.05, 0.1) is 19.6 Å². The molecule has 1 saturated heterocycles. The minimum atomic E-state index is -0.808. The number of ether oxygens (including phenoxy) is 2. The maximum Gasteiger partial charge on any atom is 0.304 e. The summed E-state index contributed by atoms with van der Waals surface area (Å²) in [6.45, 7) is 2.53. The van der Waals surface area contributed by atoms with Crippen LogP contribution in [0, 0.1) is 0 Å². The number of aromatic nitrogens is 2. The van der Waals surface area contributed by atoms with E-state index >= 15 is 0 Å². The Morgan fingerprint density at radius 2 is 1.75 bits per heavy atom. The van der Waals surface area contributed by atoms with Crippen molar-refractivity contribution in [1.82, 2.24) is 15.5 Å². The zero-order chi connectivity index (χ0) is 21.5. The summed E-state index contributed by atoms with van der Waals surface area (Å²) in [5.41, 5.74) is 2.74. The summed E-state index contributed by atoms with van der Waals surface area (Å²) in [6, 6.07) is 15.4. The van der Waals surface area contributed by atoms with E-state index in [1.807, 2.05) is 48.5 Å². The van der Waals surface area contributed by atoms with Gasteiger partial charge in [-0.3, -0.25) is 4.79 Å². The lowest BCUT2D eigenvalue weighted by molar-refractivity contribution is -0.136. The highest BCUT2D eigenvalue weighted by molar-refractivity contribution is 5.85. The molecule has 0 amide bonds. The first kappa shape index (κ1) is 23.7. The maximum absolute atomic E-state index is 10.5. The van der Waals surface area contributed by atoms with Crippen LogP contribution >= 0.6 is 12.4 Å². The number of carboxylic acids is 1. The number of hydrogen-bond donors (Lipinski definition) is 2. The second kappa shape index (κ2) is 11.6. The van der Waals surface area contributed by atoms with Crippen molar-refractivity contribution in [2.24, 2.45) is 0 Å². The van der Waals surface area contributed by atoms with Gasteiger partial charge < -0.3 is 24.4 Å². The number of rotatable bonds is 9. The van der Waals surface area contributed by atoms with Crippen LogP contribution in [0.3, 0.4) is 0 Å². The molecule has 170 valence electrons. The van der Waals surface area contributed by atoms with Gasteiger partial charge in [0.1, 0.15) is 11.9 Å². The topological polar surface area (TPSA) is 107 Å². The lowest BCUT2D eigenvalue weighted by Gasteiger charge is -2.23. The van der Waals surface area contributed by atoms with Gasteiger partial charge in [-0.15, -0.1) is 12.4 Å². The van der Waals surface area contributed by atoms with Gasteiger partial charge >= 0.3 is 5.97 Å². The summed E-state index contributed by atoms with van der Waals surface area (Å²) in [5.74, 6) is 0.982. The highest BCUT2D eigenvalue weighted by Gasteiger charge is 2.16. The number of carbonyl (C=O) groups is 1. The molecule has 32 heavy (non-hydrogen) atoms. The van der Waals surface area contributed by atoms with Crippen LogP contribution in [-0.4, -0.2) is 47.1 Å². The predicted molar refractivity (Wildman–Crippen MR) is 121 cm³/mol. The van der Waals surface area contributed by atoms with Gasteiger partial charge in [-0.25, -0.2) is 0 Å². The van der Waals surface area contributed by atoms with E-state index in [0.29, 0.717) is 24.8 Å². The number of benzene rings is 2. The van der Waals surface area contributed by atoms with Crippen LogP contribution in [0.1, 0.15) is 24.8 Å². The van der Waals surface area contributed by atoms with Crippen molar-refractivity contribution < 1.29 is 23.9 Å². The minimum absolute atomic E-state index is 0. The van der Waals surface area contributed by atoms with E-state index in [-0.39, 0.29) is 24.9 Å². The van der Waals surface area contributed by atoms with Crippen LogP contribution in [0.5, 0.6) is 5.75 Å². The number of nitrogens with zero attached hydrogens (tertiary/aromatic N) is 2. The van der Waals surface area contributed by atoms with E-state index in [1.165, 1.54) is 0 Å². The third kappa shape index (κ3) is 6.53. The van der Waals surface area contributed by atoms with E-state index in [9.17, 15) is 4.79 Å². The van der Waals surface area contributed by atoms with Crippen molar-refractivity contribution in [3.05, 3.63) is 54.1 Å². The quantitative estimate of drug-likeness (QED) is 0.463. The van der Waals surface area contributed by atoms with Crippen molar-refractivity contribution in [3.63, 3.8) is 0 Å². The molecule has 0 aliphatic carbocycles. The fourth-order valence-electron chi connectivity index (χ4n) is 3.32. The zero-order valence-corrected chi connectivity index (χ0v) is 18.3. The third-order valence-corrected chi connectivity index (χ3v) is 5.06. The normalized spacial score (nSPS) is 14.0. The molecule has 1 aromatic heterocycles. The average molecular weight is 460 g/mol. The highest BCUT2D eigenvalue weighted by Crippen LogP contribution is 2.25. The van der Waals surface area contributed by atoms with Gasteiger partial charge in [-0.05, 0) is 29.8 Å². The molecule has 4 rings (SSSR count). The molecular weight excluding hydrogens is 434 g/mol. The van der Waals surface area contributed by atoms with Crippen LogP contribution in [0.4, 0.5) is 0 Å². The molecule has 1 fully saturated rings. The molecule has 0 spiro atoms. The Hall–Kier alpha value is -2.94. The van der Waals surface area contributed by atoms with Crippen molar-refractivity contribution in [1.29, 1.82) is 0 Å². The van der Waals surface area contributed by atoms with Gasteiger partial charge in [-0.2, -0.15) is 4.98 Å². The van der Waals surface area contributed by atoms with Crippen molar-refractivity contribution in [2.75, 3.05) is 19.8 Å². The van der Waals surface area contributed by atoms with Gasteiger partial charge in [0.15, 0.2) is 0 Å². The van der Waals surface area contributed by atoms with E-state index in [4.69, 9.17) is 19.1 Å². The molecule has 3 aromatic rings. The molecule has 0 unspecified atom stereocenters. The number of halogens is 1. The molecule has 2 aromatic carbocycles. The first-order valence-electron chi connectivity index (χ1n) is 10.4. The molecule has 2 N–H and O–H groups in total. The Balaban J connectivity index is 0.00000289. The van der Waals surface area contributed by atoms with E-state index in [2.05, 4.69) is 15.5 Å². The molecule has 9 heteroatoms. The van der Waals surface area contributed by atoms with Crippen LogP contribution < -0.4 is 10.1 Å². The summed E-state index contributed by atoms with van der Waals surface area (Å²) >= 11 is 0. The van der Waals surface area contributed by atoms with Crippen LogP contribution in [0.2, 0.25) is 0 Å². The molecule has 0 saturated carbocycles. The van der Waals surface area contributed by atoms with E-state index < -0.39 is 5.97 Å². The first-order valence-corrected chi connectivity index (χ1v) is 10.4. The van der Waals surface area contributed by atoms with Crippen LogP contribution in [0.25, 0.3) is 22.8 Å². The van der Waals surface area contributed by atoms with Crippen LogP contribution in [0.15, 0.2) is 53.1 Å². The second-order valence-electron chi connectivity index (χ2n) is 7.39. The highest BCUT2D eigenvalue weighted by atomic mass is 35.5. The Bertz CT molecular complexity index is 986. The molecule has 0 radical (unpaired) electrons. The lowest BCUT2D eigenvalue weighted by Crippen LogP contribution is -2.25. The summed E-state index contributed by atoms with van der Waals surface area (Å²) in [7, 11) is 0. The Morgan fingerprint density at radius 1 is 1.06 bits per heavy atom. The minimum Gasteiger partial charge on any atom is -0.490 e. The fourth-order valence-corrected chi connectivity index (χ4v) is 3.32. The standard InChI is InChI=1S/C23H25N3O5.ClH/c27-21(28)9-12-24-15-16-1-3-17(4-2-16)22-25-23(31-26-22)18-5-7-19(8-6-18)30-20-10-13-29-14-11-20;/h1-8,20,24H,9-15H2,(H,27,28);1H. The molecule has 1 aliphatic rings. The molecule has 1 aliphatic heterocycles. The van der Waals surface area contributed by atoms with Gasteiger partial charge in [-0.1, -0.05) is 29.4 Å². The molecule has 0 bridgehead atoms. The summed E-state index contributed by atoms with van der Waals surface area (Å²) in [4.78, 5) is 15.0. The lowest BCUT2D eigenvalue weighted by atomic mass is 10.1. The largest absolute Gasteiger partial charge is 0.490 e. The van der Waals surface area contributed by atoms with Crippen molar-refractivity contribution in [2.45, 2.75) is 31.9 Å². The third-order valence-electron chi connectivity index (χ3n) is 5.06. The average Bonchev–Trinajstić information content (AvgIpc) is 3.29. The Morgan fingerprint density at radius 3 is 2.44 bits per heavy atom. The fraction of sp³-hybridized carbons (Fsp3) is 0.348. The molecular formula is C23H26ClN3O5. The Labute approximate surface area is 192 Å². The molecule has 2 heterocycles. The SMILES string of the molecule is Cl.O=C(O)CCNCc1ccc(-c2noc(-c3ccc(OC4CCOCC4)cc3)n2)cc1. The maximum atomic E-state index is 10.5. The number of carboxylic acid groups (broad SMARTS) is 1. The first-order chi connectivity index (χ1) is 15.2. The smallest absolute Gasteiger partial charge is 0.304 e. The van der Waals surface area contributed by atoms with Gasteiger partial charge in [0.25, 0.3) is 5.89 Å². The second-order valence-corrected chi connectivity index (χ2v) is 7.39. The summed E-state index contributed by atoms with van der Waals surface area (Å²) < 4.78 is 16.8. The van der Waals surface area contributed by atoms with Crippen LogP contribution in [-0.2, 0) is 16.1 Å². The van der Waals surface area contributed by atoms with Crippen molar-refractivity contribution >= 4 is 18.4 Å². The number of hydrogen-bond acceptors (Lipinski definition) is 7.